The molecule has 0 aromatic rings. The molecule has 2 atom stereocenters. The molecule has 3 nitrogen and oxygen atoms in total. The molecule has 2 N–H and O–H groups in total. The highest BCUT2D eigenvalue weighted by Crippen LogP contribution is 2.12. The lowest BCUT2D eigenvalue weighted by Gasteiger charge is -2.27. The third-order valence-corrected chi connectivity index (χ3v) is 3.98. The van der Waals surface area contributed by atoms with Crippen molar-refractivity contribution in [1.82, 2.24) is 4.90 Å². The monoisotopic (exact) mass is 323 g/mol. The van der Waals surface area contributed by atoms with Gasteiger partial charge >= 0.3 is 0 Å². The Bertz CT molecular complexity index is 193. The second-order valence-corrected chi connectivity index (χ2v) is 6.04. The van der Waals surface area contributed by atoms with E-state index in [-0.39, 0.29) is 12.4 Å². The minimum absolute atomic E-state index is 0. The molecule has 21 heavy (non-hydrogen) atoms. The van der Waals surface area contributed by atoms with Crippen molar-refractivity contribution >= 4 is 12.4 Å². The third-order valence-electron chi connectivity index (χ3n) is 3.98. The number of hydrogen-bond donors (Lipinski definition) is 2. The number of rotatable bonds is 14. The van der Waals surface area contributed by atoms with Crippen LogP contribution in [0.25, 0.3) is 0 Å². The molecule has 0 aromatic carbocycles. The van der Waals surface area contributed by atoms with Crippen LogP contribution in [0.15, 0.2) is 0 Å². The summed E-state index contributed by atoms with van der Waals surface area (Å²) in [6.07, 6.45) is 13.4. The summed E-state index contributed by atoms with van der Waals surface area (Å²) in [4.78, 5) is 1.73. The molecule has 0 aliphatic carbocycles. The quantitative estimate of drug-likeness (QED) is 0.360. The summed E-state index contributed by atoms with van der Waals surface area (Å²) in [6.45, 7) is 6.47. The molecule has 0 aliphatic rings. The third kappa shape index (κ3) is 14.9. The van der Waals surface area contributed by atoms with Gasteiger partial charge in [0.15, 0.2) is 0 Å². The van der Waals surface area contributed by atoms with E-state index < -0.39 is 12.5 Å². The van der Waals surface area contributed by atoms with Gasteiger partial charge in [-0.1, -0.05) is 71.1 Å². The number of aliphatic hydroxyl groups is 2. The number of nitrogens with zero attached hydrogens (tertiary/aromatic N) is 1. The van der Waals surface area contributed by atoms with Crippen molar-refractivity contribution in [3.63, 3.8) is 0 Å². The maximum atomic E-state index is 9.51. The second kappa shape index (κ2) is 16.5. The van der Waals surface area contributed by atoms with Gasteiger partial charge in [0, 0.05) is 6.54 Å². The van der Waals surface area contributed by atoms with Crippen LogP contribution in [0.5, 0.6) is 0 Å². The fourth-order valence-corrected chi connectivity index (χ4v) is 2.64. The Morgan fingerprint density at radius 2 is 1.00 bits per heavy atom. The lowest BCUT2D eigenvalue weighted by Crippen LogP contribution is -2.40. The van der Waals surface area contributed by atoms with E-state index in [4.69, 9.17) is 0 Å². The van der Waals surface area contributed by atoms with Crippen molar-refractivity contribution in [1.29, 1.82) is 0 Å². The van der Waals surface area contributed by atoms with Gasteiger partial charge in [-0.2, -0.15) is 0 Å². The second-order valence-electron chi connectivity index (χ2n) is 6.04. The Kier molecular flexibility index (Phi) is 18.5. The van der Waals surface area contributed by atoms with Gasteiger partial charge in [0.05, 0.1) is 0 Å². The highest BCUT2D eigenvalue weighted by atomic mass is 35.5. The van der Waals surface area contributed by atoms with Crippen molar-refractivity contribution in [3.8, 4) is 0 Å². The van der Waals surface area contributed by atoms with Crippen LogP contribution in [0.2, 0.25) is 0 Å². The Labute approximate surface area is 138 Å². The Balaban J connectivity index is 0. The van der Waals surface area contributed by atoms with Crippen LogP contribution in [0.1, 0.15) is 91.4 Å². The molecule has 0 heterocycles. The molecular formula is C17H38ClNO2. The van der Waals surface area contributed by atoms with Crippen molar-refractivity contribution in [3.05, 3.63) is 0 Å². The standard InChI is InChI=1S/C17H37NO2.ClH/c1-4-5-6-7-8-9-10-11-12-13-14-15-18(16(2)19)17(3)20;/h16-17,19-20H,4-15H2,1-3H3;1H. The Hall–Kier alpha value is 0.170. The van der Waals surface area contributed by atoms with E-state index in [1.807, 2.05) is 0 Å². The summed E-state index contributed by atoms with van der Waals surface area (Å²) in [7, 11) is 0. The molecule has 0 rings (SSSR count). The van der Waals surface area contributed by atoms with Gasteiger partial charge in [-0.15, -0.1) is 12.4 Å². The largest absolute Gasteiger partial charge is 0.379 e. The average Bonchev–Trinajstić information content (AvgIpc) is 2.39. The molecule has 130 valence electrons. The number of hydrogen-bond acceptors (Lipinski definition) is 3. The van der Waals surface area contributed by atoms with Crippen molar-refractivity contribution in [2.45, 2.75) is 104 Å². The van der Waals surface area contributed by atoms with Crippen LogP contribution in [0.3, 0.4) is 0 Å². The van der Waals surface area contributed by atoms with Crippen LogP contribution >= 0.6 is 12.4 Å². The van der Waals surface area contributed by atoms with Crippen molar-refractivity contribution < 1.29 is 10.2 Å². The van der Waals surface area contributed by atoms with Crippen molar-refractivity contribution in [2.75, 3.05) is 6.54 Å². The van der Waals surface area contributed by atoms with Gasteiger partial charge in [0.25, 0.3) is 0 Å². The van der Waals surface area contributed by atoms with Gasteiger partial charge in [-0.3, -0.25) is 4.90 Å². The lowest BCUT2D eigenvalue weighted by atomic mass is 10.1. The molecule has 4 heteroatoms. The first-order valence-corrected chi connectivity index (χ1v) is 8.71. The van der Waals surface area contributed by atoms with Crippen molar-refractivity contribution in [2.24, 2.45) is 0 Å². The van der Waals surface area contributed by atoms with E-state index >= 15 is 0 Å². The molecule has 2 unspecified atom stereocenters. The zero-order valence-electron chi connectivity index (χ0n) is 14.4. The molecule has 0 aliphatic heterocycles. The topological polar surface area (TPSA) is 43.7 Å². The summed E-state index contributed by atoms with van der Waals surface area (Å²) >= 11 is 0. The molecule has 0 spiro atoms. The first kappa shape index (κ1) is 23.4. The summed E-state index contributed by atoms with van der Waals surface area (Å²) in [5.74, 6) is 0. The highest BCUT2D eigenvalue weighted by molar-refractivity contribution is 5.85. The molecule has 0 saturated heterocycles. The minimum atomic E-state index is -0.557. The molecule has 0 bridgehead atoms. The zero-order chi connectivity index (χ0) is 15.2. The number of unbranched alkanes of at least 4 members (excludes halogenated alkanes) is 10. The zero-order valence-corrected chi connectivity index (χ0v) is 15.2. The Morgan fingerprint density at radius 1 is 0.667 bits per heavy atom. The maximum Gasteiger partial charge on any atom is 0.106 e. The maximum absolute atomic E-state index is 9.51. The first-order chi connectivity index (χ1) is 9.59. The van der Waals surface area contributed by atoms with Crippen LogP contribution in [-0.4, -0.2) is 34.1 Å². The minimum Gasteiger partial charge on any atom is -0.379 e. The van der Waals surface area contributed by atoms with Gasteiger partial charge in [0.2, 0.25) is 0 Å². The molecular weight excluding hydrogens is 286 g/mol. The molecule has 0 amide bonds. The van der Waals surface area contributed by atoms with Crippen LogP contribution < -0.4 is 0 Å². The number of aliphatic hydroxyl groups excluding tert-OH is 2. The smallest absolute Gasteiger partial charge is 0.106 e. The predicted molar refractivity (Wildman–Crippen MR) is 93.8 cm³/mol. The molecule has 0 saturated carbocycles. The van der Waals surface area contributed by atoms with E-state index in [9.17, 15) is 10.2 Å². The van der Waals surface area contributed by atoms with Gasteiger partial charge in [-0.05, 0) is 20.3 Å². The summed E-state index contributed by atoms with van der Waals surface area (Å²) in [6, 6.07) is 0. The van der Waals surface area contributed by atoms with E-state index in [2.05, 4.69) is 6.92 Å². The molecule has 0 radical (unpaired) electrons. The van der Waals surface area contributed by atoms with Crippen LogP contribution in [0, 0.1) is 0 Å². The highest BCUT2D eigenvalue weighted by Gasteiger charge is 2.14. The summed E-state index contributed by atoms with van der Waals surface area (Å²) in [5.41, 5.74) is 0. The van der Waals surface area contributed by atoms with E-state index in [1.165, 1.54) is 64.2 Å². The lowest BCUT2D eigenvalue weighted by molar-refractivity contribution is -0.0844. The fourth-order valence-electron chi connectivity index (χ4n) is 2.64. The van der Waals surface area contributed by atoms with Crippen LogP contribution in [-0.2, 0) is 0 Å². The molecule has 0 fully saturated rings. The van der Waals surface area contributed by atoms with Crippen LogP contribution in [0.4, 0.5) is 0 Å². The predicted octanol–water partition coefficient (Wildman–Crippen LogP) is 4.70. The SMILES string of the molecule is CCCCCCCCCCCCCN(C(C)O)C(C)O.Cl. The summed E-state index contributed by atoms with van der Waals surface area (Å²) in [5, 5.41) is 19.0. The Morgan fingerprint density at radius 3 is 1.33 bits per heavy atom. The first-order valence-electron chi connectivity index (χ1n) is 8.71. The van der Waals surface area contributed by atoms with Gasteiger partial charge in [0.1, 0.15) is 12.5 Å². The van der Waals surface area contributed by atoms with E-state index in [0.717, 1.165) is 13.0 Å². The average molecular weight is 324 g/mol. The molecule has 0 aromatic heterocycles. The van der Waals surface area contributed by atoms with E-state index in [0.29, 0.717) is 0 Å². The van der Waals surface area contributed by atoms with E-state index in [1.54, 1.807) is 18.7 Å². The fraction of sp³-hybridized carbons (Fsp3) is 1.00. The van der Waals surface area contributed by atoms with Gasteiger partial charge in [-0.25, -0.2) is 0 Å². The summed E-state index contributed by atoms with van der Waals surface area (Å²) < 4.78 is 0. The van der Waals surface area contributed by atoms with Gasteiger partial charge < -0.3 is 10.2 Å². The normalized spacial score (nSPS) is 14.0. The number of halogens is 1.